The molecule has 5 heteroatoms. The number of pyridine rings is 1. The zero-order chi connectivity index (χ0) is 11.5. The third-order valence-corrected chi connectivity index (χ3v) is 2.91. The standard InChI is InChI=1S/C11H14ClN3O/c1-14-6-3-7-15(8-11(14)16)10-5-2-4-9(12)13-10/h2,4-5H,3,6-8H2,1H3. The molecule has 1 aromatic heterocycles. The van der Waals surface area contributed by atoms with Crippen LogP contribution < -0.4 is 4.90 Å². The molecule has 0 spiro atoms. The molecule has 0 N–H and O–H groups in total. The van der Waals surface area contributed by atoms with Gasteiger partial charge in [-0.1, -0.05) is 17.7 Å². The Morgan fingerprint density at radius 2 is 2.19 bits per heavy atom. The molecule has 2 heterocycles. The van der Waals surface area contributed by atoms with Gasteiger partial charge in [0.15, 0.2) is 0 Å². The van der Waals surface area contributed by atoms with E-state index in [0.29, 0.717) is 11.7 Å². The van der Waals surface area contributed by atoms with Crippen molar-refractivity contribution in [3.05, 3.63) is 23.4 Å². The minimum absolute atomic E-state index is 0.124. The van der Waals surface area contributed by atoms with Crippen molar-refractivity contribution in [1.82, 2.24) is 9.88 Å². The summed E-state index contributed by atoms with van der Waals surface area (Å²) in [7, 11) is 1.83. The Morgan fingerprint density at radius 3 is 2.94 bits per heavy atom. The lowest BCUT2D eigenvalue weighted by Gasteiger charge is -2.20. The van der Waals surface area contributed by atoms with Gasteiger partial charge in [-0.25, -0.2) is 4.98 Å². The number of likely N-dealkylation sites (N-methyl/N-ethyl adjacent to an activating group) is 1. The highest BCUT2D eigenvalue weighted by Crippen LogP contribution is 2.16. The first-order valence-electron chi connectivity index (χ1n) is 5.28. The van der Waals surface area contributed by atoms with Crippen LogP contribution in [0.1, 0.15) is 6.42 Å². The summed E-state index contributed by atoms with van der Waals surface area (Å²) in [6, 6.07) is 5.46. The second-order valence-electron chi connectivity index (χ2n) is 3.91. The highest BCUT2D eigenvalue weighted by Gasteiger charge is 2.19. The van der Waals surface area contributed by atoms with Crippen molar-refractivity contribution in [1.29, 1.82) is 0 Å². The molecule has 4 nitrogen and oxygen atoms in total. The Bertz CT molecular complexity index is 397. The van der Waals surface area contributed by atoms with Crippen LogP contribution in [0, 0.1) is 0 Å². The van der Waals surface area contributed by atoms with Gasteiger partial charge in [-0.05, 0) is 18.6 Å². The van der Waals surface area contributed by atoms with E-state index in [9.17, 15) is 4.79 Å². The van der Waals surface area contributed by atoms with Gasteiger partial charge in [0.25, 0.3) is 0 Å². The van der Waals surface area contributed by atoms with E-state index in [0.717, 1.165) is 25.3 Å². The zero-order valence-corrected chi connectivity index (χ0v) is 9.94. The second-order valence-corrected chi connectivity index (χ2v) is 4.30. The average Bonchev–Trinajstić information content (AvgIpc) is 2.42. The topological polar surface area (TPSA) is 36.4 Å². The van der Waals surface area contributed by atoms with E-state index in [-0.39, 0.29) is 5.91 Å². The maximum atomic E-state index is 11.7. The summed E-state index contributed by atoms with van der Waals surface area (Å²) in [4.78, 5) is 19.6. The van der Waals surface area contributed by atoms with Crippen LogP contribution in [0.5, 0.6) is 0 Å². The molecule has 0 radical (unpaired) electrons. The number of carbonyl (C=O) groups is 1. The van der Waals surface area contributed by atoms with Crippen molar-refractivity contribution in [2.45, 2.75) is 6.42 Å². The van der Waals surface area contributed by atoms with Crippen LogP contribution in [0.3, 0.4) is 0 Å². The van der Waals surface area contributed by atoms with E-state index in [1.807, 2.05) is 24.1 Å². The van der Waals surface area contributed by atoms with Crippen LogP contribution in [-0.4, -0.2) is 42.5 Å². The first kappa shape index (κ1) is 11.2. The monoisotopic (exact) mass is 239 g/mol. The van der Waals surface area contributed by atoms with E-state index < -0.39 is 0 Å². The largest absolute Gasteiger partial charge is 0.347 e. The van der Waals surface area contributed by atoms with Crippen molar-refractivity contribution in [3.8, 4) is 0 Å². The number of halogens is 1. The van der Waals surface area contributed by atoms with Gasteiger partial charge in [0, 0.05) is 20.1 Å². The van der Waals surface area contributed by atoms with Gasteiger partial charge in [0.2, 0.25) is 5.91 Å². The minimum Gasteiger partial charge on any atom is -0.347 e. The number of anilines is 1. The van der Waals surface area contributed by atoms with Gasteiger partial charge in [0.1, 0.15) is 11.0 Å². The summed E-state index contributed by atoms with van der Waals surface area (Å²) >= 11 is 5.84. The number of hydrogen-bond donors (Lipinski definition) is 0. The van der Waals surface area contributed by atoms with E-state index in [4.69, 9.17) is 11.6 Å². The fourth-order valence-corrected chi connectivity index (χ4v) is 1.92. The minimum atomic E-state index is 0.124. The molecule has 0 atom stereocenters. The number of carbonyl (C=O) groups excluding carboxylic acids is 1. The van der Waals surface area contributed by atoms with E-state index in [1.54, 1.807) is 11.0 Å². The number of hydrogen-bond acceptors (Lipinski definition) is 3. The lowest BCUT2D eigenvalue weighted by atomic mass is 10.3. The molecule has 1 amide bonds. The van der Waals surface area contributed by atoms with Crippen molar-refractivity contribution in [2.75, 3.05) is 31.6 Å². The molecule has 1 aromatic rings. The molecule has 2 rings (SSSR count). The molecule has 0 saturated carbocycles. The SMILES string of the molecule is CN1CCCN(c2cccc(Cl)n2)CC1=O. The van der Waals surface area contributed by atoms with E-state index in [1.165, 1.54) is 0 Å². The fourth-order valence-electron chi connectivity index (χ4n) is 1.76. The van der Waals surface area contributed by atoms with Gasteiger partial charge < -0.3 is 9.80 Å². The normalized spacial score (nSPS) is 17.5. The lowest BCUT2D eigenvalue weighted by molar-refractivity contribution is -0.127. The Kier molecular flexibility index (Phi) is 3.29. The predicted molar refractivity (Wildman–Crippen MR) is 63.7 cm³/mol. The number of amides is 1. The van der Waals surface area contributed by atoms with Crippen LogP contribution >= 0.6 is 11.6 Å². The summed E-state index contributed by atoms with van der Waals surface area (Å²) in [5, 5.41) is 0.461. The molecule has 1 fully saturated rings. The summed E-state index contributed by atoms with van der Waals surface area (Å²) in [5.74, 6) is 0.899. The predicted octanol–water partition coefficient (Wildman–Crippen LogP) is 1.40. The third kappa shape index (κ3) is 2.44. The summed E-state index contributed by atoms with van der Waals surface area (Å²) in [6.07, 6.45) is 0.955. The average molecular weight is 240 g/mol. The zero-order valence-electron chi connectivity index (χ0n) is 9.19. The molecule has 0 aliphatic carbocycles. The molecule has 1 aliphatic heterocycles. The molecule has 16 heavy (non-hydrogen) atoms. The Labute approximate surface area is 99.8 Å². The van der Waals surface area contributed by atoms with Crippen LogP contribution in [-0.2, 0) is 4.79 Å². The molecule has 0 aromatic carbocycles. The molecule has 1 aliphatic rings. The fraction of sp³-hybridized carbons (Fsp3) is 0.455. The maximum absolute atomic E-state index is 11.7. The smallest absolute Gasteiger partial charge is 0.241 e. The Morgan fingerprint density at radius 1 is 1.38 bits per heavy atom. The van der Waals surface area contributed by atoms with Crippen molar-refractivity contribution in [2.24, 2.45) is 0 Å². The molecular weight excluding hydrogens is 226 g/mol. The first-order chi connectivity index (χ1) is 7.66. The third-order valence-electron chi connectivity index (χ3n) is 2.70. The van der Waals surface area contributed by atoms with Gasteiger partial charge in [-0.15, -0.1) is 0 Å². The molecule has 0 unspecified atom stereocenters. The van der Waals surface area contributed by atoms with Crippen LogP contribution in [0.25, 0.3) is 0 Å². The van der Waals surface area contributed by atoms with E-state index in [2.05, 4.69) is 4.98 Å². The molecule has 86 valence electrons. The van der Waals surface area contributed by atoms with Gasteiger partial charge >= 0.3 is 0 Å². The quantitative estimate of drug-likeness (QED) is 0.696. The number of rotatable bonds is 1. The van der Waals surface area contributed by atoms with Crippen LogP contribution in [0.4, 0.5) is 5.82 Å². The summed E-state index contributed by atoms with van der Waals surface area (Å²) in [5.41, 5.74) is 0. The molecule has 0 bridgehead atoms. The van der Waals surface area contributed by atoms with Gasteiger partial charge in [-0.2, -0.15) is 0 Å². The first-order valence-corrected chi connectivity index (χ1v) is 5.66. The Hall–Kier alpha value is -1.29. The van der Waals surface area contributed by atoms with Gasteiger partial charge in [-0.3, -0.25) is 4.79 Å². The van der Waals surface area contributed by atoms with Crippen LogP contribution in [0.15, 0.2) is 18.2 Å². The van der Waals surface area contributed by atoms with Crippen molar-refractivity contribution < 1.29 is 4.79 Å². The van der Waals surface area contributed by atoms with Crippen molar-refractivity contribution >= 4 is 23.3 Å². The highest BCUT2D eigenvalue weighted by atomic mass is 35.5. The summed E-state index contributed by atoms with van der Waals surface area (Å²) in [6.45, 7) is 2.02. The Balaban J connectivity index is 2.18. The highest BCUT2D eigenvalue weighted by molar-refractivity contribution is 6.29. The maximum Gasteiger partial charge on any atom is 0.241 e. The summed E-state index contributed by atoms with van der Waals surface area (Å²) < 4.78 is 0. The van der Waals surface area contributed by atoms with E-state index >= 15 is 0 Å². The van der Waals surface area contributed by atoms with Gasteiger partial charge in [0.05, 0.1) is 6.54 Å². The second kappa shape index (κ2) is 4.70. The number of nitrogens with zero attached hydrogens (tertiary/aromatic N) is 3. The number of aromatic nitrogens is 1. The van der Waals surface area contributed by atoms with Crippen LogP contribution in [0.2, 0.25) is 5.15 Å². The van der Waals surface area contributed by atoms with Crippen molar-refractivity contribution in [3.63, 3.8) is 0 Å². The molecule has 1 saturated heterocycles. The molecular formula is C11H14ClN3O. The lowest BCUT2D eigenvalue weighted by Crippen LogP contribution is -2.34.